The van der Waals surface area contributed by atoms with Crippen LogP contribution >= 0.6 is 24.8 Å². The van der Waals surface area contributed by atoms with E-state index in [0.717, 1.165) is 9.52 Å². The molecule has 0 saturated heterocycles. The molecule has 0 bridgehead atoms. The van der Waals surface area contributed by atoms with E-state index in [4.69, 9.17) is 10.8 Å². The van der Waals surface area contributed by atoms with E-state index in [1.54, 1.807) is 0 Å². The van der Waals surface area contributed by atoms with Crippen LogP contribution in [0.3, 0.4) is 0 Å². The Balaban J connectivity index is -0.0000000356. The third-order valence-corrected chi connectivity index (χ3v) is 2.24. The molecule has 2 nitrogen and oxygen atoms in total. The zero-order valence-electron chi connectivity index (χ0n) is 18.0. The molecule has 25 heavy (non-hydrogen) atoms. The first kappa shape index (κ1) is 45.1. The molecule has 0 aliphatic heterocycles. The van der Waals surface area contributed by atoms with E-state index in [1.165, 1.54) is 16.7 Å². The molecule has 0 amide bonds. The summed E-state index contributed by atoms with van der Waals surface area (Å²) in [6.45, 7) is 21.7. The second-order valence-corrected chi connectivity index (χ2v) is 7.00. The van der Waals surface area contributed by atoms with E-state index < -0.39 is 0 Å². The number of rotatable bonds is 0. The van der Waals surface area contributed by atoms with Crippen molar-refractivity contribution in [3.8, 4) is 0 Å². The van der Waals surface area contributed by atoms with Crippen LogP contribution in [-0.2, 0) is 19.2 Å². The monoisotopic (exact) mass is 462 g/mol. The number of aliphatic hydroxyl groups is 1. The van der Waals surface area contributed by atoms with Gasteiger partial charge < -0.3 is 25.2 Å². The topological polar surface area (TPSA) is 44.0 Å². The number of hydrogen-bond acceptors (Lipinski definition) is 1. The molecule has 0 saturated carbocycles. The van der Waals surface area contributed by atoms with Gasteiger partial charge in [-0.3, -0.25) is 6.08 Å². The quantitative estimate of drug-likeness (QED) is 0.386. The molecule has 0 fully saturated rings. The van der Waals surface area contributed by atoms with E-state index in [1.807, 2.05) is 47.6 Å². The molecule has 0 spiro atoms. The SMILES string of the molecule is CC(C)(C)[NH-].CC1=[C-]C(C)C(C)=C1C.C[SiH]C.Cl.Cl.[CH2-]CO.[CH3-].[SiH2]=[Ti]. The van der Waals surface area contributed by atoms with Crippen molar-refractivity contribution in [1.82, 2.24) is 0 Å². The zero-order chi connectivity index (χ0) is 18.9. The van der Waals surface area contributed by atoms with Gasteiger partial charge in [-0.05, 0) is 0 Å². The van der Waals surface area contributed by atoms with Gasteiger partial charge in [-0.1, -0.05) is 67.2 Å². The second kappa shape index (κ2) is 29.9. The van der Waals surface area contributed by atoms with Crippen LogP contribution in [0.5, 0.6) is 0 Å². The molecular formula is C18H42Cl2NOSi2Ti-4. The summed E-state index contributed by atoms with van der Waals surface area (Å²) < 4.78 is 0. The van der Waals surface area contributed by atoms with Crippen LogP contribution in [0.1, 0.15) is 48.5 Å². The molecule has 0 aromatic heterocycles. The van der Waals surface area contributed by atoms with Crippen LogP contribution in [0, 0.1) is 26.3 Å². The van der Waals surface area contributed by atoms with Gasteiger partial charge in [-0.15, -0.1) is 37.3 Å². The van der Waals surface area contributed by atoms with Crippen LogP contribution in [-0.4, -0.2) is 34.4 Å². The number of hydrogen-bond donors (Lipinski definition) is 1. The Hall–Kier alpha value is 1.13. The normalized spacial score (nSPS) is 13.7. The maximum atomic E-state index is 7.46. The molecule has 1 rings (SSSR count). The Labute approximate surface area is 187 Å². The van der Waals surface area contributed by atoms with Crippen molar-refractivity contribution in [2.75, 3.05) is 6.61 Å². The van der Waals surface area contributed by atoms with Gasteiger partial charge in [-0.25, -0.2) is 5.57 Å². The first-order valence-corrected chi connectivity index (χ1v) is 13.8. The maximum absolute atomic E-state index is 7.46. The summed E-state index contributed by atoms with van der Waals surface area (Å²) >= 11 is 2.03. The number of allylic oxidation sites excluding steroid dienone is 4. The summed E-state index contributed by atoms with van der Waals surface area (Å²) in [5.41, 5.74) is 10.9. The Kier molecular flexibility index (Phi) is 53.9. The molecule has 0 aromatic rings. The van der Waals surface area contributed by atoms with Crippen molar-refractivity contribution < 1.29 is 24.3 Å². The van der Waals surface area contributed by atoms with E-state index in [2.05, 4.69) is 53.8 Å². The van der Waals surface area contributed by atoms with Crippen molar-refractivity contribution in [1.29, 1.82) is 0 Å². The fraction of sp³-hybridized carbons (Fsp3) is 0.667. The van der Waals surface area contributed by atoms with Gasteiger partial charge in [0.25, 0.3) is 0 Å². The summed E-state index contributed by atoms with van der Waals surface area (Å²) in [7, 11) is 2.61. The zero-order valence-corrected chi connectivity index (χ0v) is 23.8. The minimum absolute atomic E-state index is 0. The molecule has 1 atom stereocenters. The minimum atomic E-state index is -0.250. The van der Waals surface area contributed by atoms with Crippen molar-refractivity contribution in [3.63, 3.8) is 0 Å². The molecule has 7 heteroatoms. The van der Waals surface area contributed by atoms with Crippen molar-refractivity contribution in [2.45, 2.75) is 67.1 Å². The fourth-order valence-electron chi connectivity index (χ4n) is 1.16. The van der Waals surface area contributed by atoms with Gasteiger partial charge in [0.15, 0.2) is 0 Å². The van der Waals surface area contributed by atoms with E-state index >= 15 is 0 Å². The second-order valence-electron chi connectivity index (χ2n) is 5.85. The van der Waals surface area contributed by atoms with Crippen LogP contribution in [0.25, 0.3) is 5.73 Å². The number of nitrogens with one attached hydrogen (secondary N) is 1. The predicted molar refractivity (Wildman–Crippen MR) is 125 cm³/mol. The van der Waals surface area contributed by atoms with Gasteiger partial charge in [0.05, 0.1) is 0 Å². The Morgan fingerprint density at radius 2 is 1.40 bits per heavy atom. The predicted octanol–water partition coefficient (Wildman–Crippen LogP) is 5.27. The number of halogens is 2. The van der Waals surface area contributed by atoms with Crippen LogP contribution < -0.4 is 0 Å². The van der Waals surface area contributed by atoms with Crippen molar-refractivity contribution in [2.24, 2.45) is 5.92 Å². The molecule has 1 aliphatic carbocycles. The molecule has 155 valence electrons. The number of aliphatic hydroxyl groups excluding tert-OH is 1. The molecule has 1 aliphatic rings. The average molecular weight is 463 g/mol. The molecule has 1 radical (unpaired) electrons. The summed E-state index contributed by atoms with van der Waals surface area (Å²) in [6.07, 6.45) is 3.36. The Morgan fingerprint density at radius 3 is 1.44 bits per heavy atom. The van der Waals surface area contributed by atoms with E-state index in [9.17, 15) is 0 Å². The van der Waals surface area contributed by atoms with Crippen LogP contribution in [0.2, 0.25) is 13.1 Å². The van der Waals surface area contributed by atoms with E-state index in [-0.39, 0.29) is 44.4 Å². The first-order chi connectivity index (χ1) is 9.95. The van der Waals surface area contributed by atoms with Crippen LogP contribution in [0.4, 0.5) is 0 Å². The summed E-state index contributed by atoms with van der Waals surface area (Å²) in [4.78, 5) is 0. The standard InChI is InChI=1S/C9H13.C4H10N.C2H5O.C2H7Si.CH3.2ClH.H2Si.Ti/c1-6-5-7(2)9(4)8(6)3;1-4(2,3)5;1-2-3;1-3-2;;;;;/h6H,1-4H3;5H,1-3H3;3H,1-2H2;3H,1-2H3;1H3;2*1H;1H2;/q3*-1;;-1;;;;. The Bertz CT molecular complexity index is 313. The summed E-state index contributed by atoms with van der Waals surface area (Å²) in [6, 6.07) is 0. The molecule has 0 aromatic carbocycles. The third kappa shape index (κ3) is 45.8. The van der Waals surface area contributed by atoms with Gasteiger partial charge in [0.2, 0.25) is 0 Å². The summed E-state index contributed by atoms with van der Waals surface area (Å²) in [5, 5.41) is 7.46. The summed E-state index contributed by atoms with van der Waals surface area (Å²) in [5.74, 6) is 0.560. The fourth-order valence-corrected chi connectivity index (χ4v) is 1.16. The van der Waals surface area contributed by atoms with Crippen LogP contribution in [0.15, 0.2) is 16.7 Å². The van der Waals surface area contributed by atoms with Gasteiger partial charge in [0, 0.05) is 9.52 Å². The van der Waals surface area contributed by atoms with Gasteiger partial charge >= 0.3 is 26.8 Å². The molecular weight excluding hydrogens is 421 g/mol. The molecule has 0 heterocycles. The third-order valence-electron chi connectivity index (χ3n) is 2.24. The van der Waals surface area contributed by atoms with Gasteiger partial charge in [0.1, 0.15) is 0 Å². The molecule has 2 N–H and O–H groups in total. The van der Waals surface area contributed by atoms with Crippen molar-refractivity contribution >= 4 is 42.0 Å². The average Bonchev–Trinajstić information content (AvgIpc) is 2.59. The van der Waals surface area contributed by atoms with Crippen molar-refractivity contribution in [3.05, 3.63) is 42.9 Å². The molecule has 1 unspecified atom stereocenters. The first-order valence-electron chi connectivity index (χ1n) is 7.48. The van der Waals surface area contributed by atoms with E-state index in [0.29, 0.717) is 5.92 Å². The Morgan fingerprint density at radius 1 is 1.20 bits per heavy atom. The van der Waals surface area contributed by atoms with Gasteiger partial charge in [-0.2, -0.15) is 11.1 Å².